The number of aliphatic hydroxyl groups excluding tert-OH is 1. The van der Waals surface area contributed by atoms with Crippen molar-refractivity contribution in [1.29, 1.82) is 0 Å². The molecule has 0 radical (unpaired) electrons. The summed E-state index contributed by atoms with van der Waals surface area (Å²) in [5.41, 5.74) is -0.450. The van der Waals surface area contributed by atoms with Crippen molar-refractivity contribution in [3.63, 3.8) is 0 Å². The lowest BCUT2D eigenvalue weighted by Crippen LogP contribution is -2.60. The van der Waals surface area contributed by atoms with Crippen LogP contribution in [-0.4, -0.2) is 68.6 Å². The molecule has 3 heterocycles. The minimum atomic E-state index is -0.701. The fourth-order valence-corrected chi connectivity index (χ4v) is 7.51. The number of likely N-dealkylation sites (tertiary alicyclic amines) is 1. The summed E-state index contributed by atoms with van der Waals surface area (Å²) in [6, 6.07) is -1.17. The summed E-state index contributed by atoms with van der Waals surface area (Å²) in [5, 5.41) is 13.1. The van der Waals surface area contributed by atoms with Crippen LogP contribution in [0.25, 0.3) is 0 Å². The molecule has 0 saturated carbocycles. The Bertz CT molecular complexity index is 691. The normalized spacial score (nSPS) is 34.5. The van der Waals surface area contributed by atoms with Crippen molar-refractivity contribution in [2.45, 2.75) is 82.0 Å². The molecule has 3 saturated heterocycles. The number of amides is 2. The molecule has 29 heavy (non-hydrogen) atoms. The van der Waals surface area contributed by atoms with Crippen LogP contribution < -0.4 is 5.32 Å². The molecule has 0 aromatic heterocycles. The molecule has 0 aromatic rings. The van der Waals surface area contributed by atoms with Crippen molar-refractivity contribution in [3.8, 4) is 0 Å². The molecule has 2 unspecified atom stereocenters. The minimum absolute atomic E-state index is 0.00159. The molecule has 1 spiro atoms. The summed E-state index contributed by atoms with van der Waals surface area (Å²) in [7, 11) is 0. The second-order valence-electron chi connectivity index (χ2n) is 9.79. The van der Waals surface area contributed by atoms with Crippen molar-refractivity contribution in [1.82, 2.24) is 10.2 Å². The summed E-state index contributed by atoms with van der Waals surface area (Å²) in [4.78, 5) is 41.5. The van der Waals surface area contributed by atoms with Crippen LogP contribution in [0.2, 0.25) is 0 Å². The number of ether oxygens (including phenoxy) is 1. The Hall–Kier alpha value is -1.28. The fraction of sp³-hybridized carbons (Fsp3) is 0.857. The Labute approximate surface area is 177 Å². The first-order valence-electron chi connectivity index (χ1n) is 10.6. The van der Waals surface area contributed by atoms with Crippen LogP contribution in [0.4, 0.5) is 0 Å². The van der Waals surface area contributed by atoms with Gasteiger partial charge in [0.05, 0.1) is 35.8 Å². The van der Waals surface area contributed by atoms with E-state index < -0.39 is 34.2 Å². The van der Waals surface area contributed by atoms with E-state index in [1.807, 2.05) is 34.6 Å². The maximum Gasteiger partial charge on any atom is 0.310 e. The molecule has 0 aliphatic carbocycles. The van der Waals surface area contributed by atoms with E-state index in [-0.39, 0.29) is 42.2 Å². The lowest BCUT2D eigenvalue weighted by atomic mass is 9.71. The third-order valence-corrected chi connectivity index (χ3v) is 8.31. The van der Waals surface area contributed by atoms with Crippen LogP contribution in [0.3, 0.4) is 0 Å². The summed E-state index contributed by atoms with van der Waals surface area (Å²) in [5.74, 6) is -1.86. The molecule has 7 nitrogen and oxygen atoms in total. The summed E-state index contributed by atoms with van der Waals surface area (Å²) in [6.07, 6.45) is 1.50. The van der Waals surface area contributed by atoms with E-state index in [9.17, 15) is 19.5 Å². The van der Waals surface area contributed by atoms with E-state index in [0.717, 1.165) is 6.42 Å². The number of hydrogen-bond donors (Lipinski definition) is 2. The highest BCUT2D eigenvalue weighted by Gasteiger charge is 2.74. The molecular weight excluding hydrogens is 392 g/mol. The monoisotopic (exact) mass is 426 g/mol. The first kappa shape index (κ1) is 22.4. The van der Waals surface area contributed by atoms with Crippen LogP contribution in [0.1, 0.15) is 54.4 Å². The summed E-state index contributed by atoms with van der Waals surface area (Å²) < 4.78 is 4.66. The molecule has 3 rings (SSSR count). The van der Waals surface area contributed by atoms with E-state index in [1.165, 1.54) is 0 Å². The first-order chi connectivity index (χ1) is 13.5. The lowest BCUT2D eigenvalue weighted by molar-refractivity contribution is -0.154. The Morgan fingerprint density at radius 1 is 1.38 bits per heavy atom. The molecule has 3 aliphatic rings. The second kappa shape index (κ2) is 7.76. The molecule has 0 aromatic carbocycles. The van der Waals surface area contributed by atoms with Gasteiger partial charge in [-0.15, -0.1) is 11.8 Å². The summed E-state index contributed by atoms with van der Waals surface area (Å²) >= 11 is 1.62. The van der Waals surface area contributed by atoms with Crippen molar-refractivity contribution in [3.05, 3.63) is 0 Å². The zero-order valence-corrected chi connectivity index (χ0v) is 19.0. The Balaban J connectivity index is 2.07. The number of rotatable bonds is 6. The van der Waals surface area contributed by atoms with E-state index in [1.54, 1.807) is 23.6 Å². The molecule has 164 valence electrons. The predicted molar refractivity (Wildman–Crippen MR) is 111 cm³/mol. The number of thioether (sulfide) groups is 1. The highest BCUT2D eigenvalue weighted by molar-refractivity contribution is 8.02. The highest BCUT2D eigenvalue weighted by atomic mass is 32.2. The van der Waals surface area contributed by atoms with E-state index >= 15 is 0 Å². The number of carbonyl (C=O) groups is 3. The number of nitrogens with zero attached hydrogens (tertiary/aromatic N) is 1. The van der Waals surface area contributed by atoms with Gasteiger partial charge in [0.25, 0.3) is 0 Å². The average molecular weight is 427 g/mol. The largest absolute Gasteiger partial charge is 0.466 e. The van der Waals surface area contributed by atoms with Gasteiger partial charge in [-0.3, -0.25) is 14.4 Å². The van der Waals surface area contributed by atoms with Gasteiger partial charge in [-0.1, -0.05) is 13.8 Å². The molecule has 2 amide bonds. The van der Waals surface area contributed by atoms with Crippen molar-refractivity contribution in [2.75, 3.05) is 13.2 Å². The van der Waals surface area contributed by atoms with Crippen LogP contribution in [0.5, 0.6) is 0 Å². The van der Waals surface area contributed by atoms with Gasteiger partial charge < -0.3 is 20.1 Å². The number of nitrogens with one attached hydrogen (secondary N) is 1. The van der Waals surface area contributed by atoms with E-state index in [0.29, 0.717) is 6.42 Å². The maximum atomic E-state index is 13.7. The van der Waals surface area contributed by atoms with Gasteiger partial charge in [-0.05, 0) is 46.5 Å². The Kier molecular flexibility index (Phi) is 6.00. The first-order valence-corrected chi connectivity index (χ1v) is 11.5. The van der Waals surface area contributed by atoms with Gasteiger partial charge in [0.2, 0.25) is 11.8 Å². The summed E-state index contributed by atoms with van der Waals surface area (Å²) in [6.45, 7) is 11.4. The molecule has 6 atom stereocenters. The van der Waals surface area contributed by atoms with E-state index in [4.69, 9.17) is 4.74 Å². The van der Waals surface area contributed by atoms with Crippen molar-refractivity contribution >= 4 is 29.5 Å². The van der Waals surface area contributed by atoms with Gasteiger partial charge in [0.15, 0.2) is 0 Å². The van der Waals surface area contributed by atoms with Gasteiger partial charge >= 0.3 is 5.97 Å². The van der Waals surface area contributed by atoms with E-state index in [2.05, 4.69) is 5.32 Å². The third kappa shape index (κ3) is 3.56. The highest BCUT2D eigenvalue weighted by Crippen LogP contribution is 2.66. The SMILES string of the molecule is CCOC(=O)[C@@H]1[C@@H]2CCC3(S2)C(C(=O)NC(C)(C)C)N([C@@H](CO)C(C)C)C(=O)[C@H]13. The number of fused-ring (bicyclic) bond motifs is 1. The fourth-order valence-electron chi connectivity index (χ4n) is 5.31. The number of hydrogen-bond acceptors (Lipinski definition) is 6. The molecular formula is C21H34N2O5S. The van der Waals surface area contributed by atoms with Crippen LogP contribution in [-0.2, 0) is 19.1 Å². The van der Waals surface area contributed by atoms with Crippen molar-refractivity contribution in [2.24, 2.45) is 17.8 Å². The number of aliphatic hydroxyl groups is 1. The van der Waals surface area contributed by atoms with Gasteiger partial charge in [-0.25, -0.2) is 0 Å². The lowest BCUT2D eigenvalue weighted by Gasteiger charge is -2.39. The quantitative estimate of drug-likeness (QED) is 0.626. The van der Waals surface area contributed by atoms with Crippen LogP contribution in [0.15, 0.2) is 0 Å². The third-order valence-electron chi connectivity index (χ3n) is 6.36. The zero-order valence-electron chi connectivity index (χ0n) is 18.2. The Morgan fingerprint density at radius 3 is 2.55 bits per heavy atom. The topological polar surface area (TPSA) is 95.9 Å². The molecule has 2 bridgehead atoms. The van der Waals surface area contributed by atoms with Crippen LogP contribution >= 0.6 is 11.8 Å². The maximum absolute atomic E-state index is 13.7. The second-order valence-corrected chi connectivity index (χ2v) is 11.4. The van der Waals surface area contributed by atoms with Crippen LogP contribution in [0, 0.1) is 17.8 Å². The van der Waals surface area contributed by atoms with Gasteiger partial charge in [-0.2, -0.15) is 0 Å². The standard InChI is InChI=1S/C21H34N2O5S/c1-7-28-19(27)14-13-8-9-21(29-13)15(14)18(26)23(12(10-24)11(2)3)16(21)17(25)22-20(4,5)6/h11-16,24H,7-10H2,1-6H3,(H,22,25)/t12-,13-,14+,15-,16?,21?/m0/s1. The molecule has 8 heteroatoms. The molecule has 2 N–H and O–H groups in total. The number of esters is 1. The van der Waals surface area contributed by atoms with Crippen molar-refractivity contribution < 1.29 is 24.2 Å². The smallest absolute Gasteiger partial charge is 0.310 e. The predicted octanol–water partition coefficient (Wildman–Crippen LogP) is 1.57. The Morgan fingerprint density at radius 2 is 2.03 bits per heavy atom. The molecule has 3 fully saturated rings. The zero-order chi connectivity index (χ0) is 21.7. The van der Waals surface area contributed by atoms with Gasteiger partial charge in [0.1, 0.15) is 6.04 Å². The molecule has 3 aliphatic heterocycles. The minimum Gasteiger partial charge on any atom is -0.466 e. The van der Waals surface area contributed by atoms with Gasteiger partial charge in [0, 0.05) is 10.8 Å². The average Bonchev–Trinajstić information content (AvgIpc) is 3.22. The number of carbonyl (C=O) groups excluding carboxylic acids is 3.